The van der Waals surface area contributed by atoms with Gasteiger partial charge in [-0.2, -0.15) is 0 Å². The van der Waals surface area contributed by atoms with Gasteiger partial charge in [0.25, 0.3) is 0 Å². The zero-order chi connectivity index (χ0) is 18.0. The first kappa shape index (κ1) is 20.2. The number of rotatable bonds is 7. The Labute approximate surface area is 147 Å². The zero-order valence-corrected chi connectivity index (χ0v) is 16.0. The summed E-state index contributed by atoms with van der Waals surface area (Å²) < 4.78 is 23.0. The van der Waals surface area contributed by atoms with Gasteiger partial charge in [0.15, 0.2) is 0 Å². The van der Waals surface area contributed by atoms with Crippen molar-refractivity contribution in [2.75, 3.05) is 23.5 Å². The monoisotopic (exact) mass is 347 g/mol. The third-order valence-corrected chi connectivity index (χ3v) is 4.63. The quantitative estimate of drug-likeness (QED) is 0.745. The highest BCUT2D eigenvalue weighted by atomic mass is 32.2. The molecule has 1 unspecified atom stereocenters. The summed E-state index contributed by atoms with van der Waals surface area (Å²) in [6.45, 7) is 7.48. The number of anilines is 1. The molecule has 4 heteroatoms. The molecule has 2 aromatic rings. The molecular weight excluding hydrogens is 318 g/mol. The van der Waals surface area contributed by atoms with Gasteiger partial charge in [-0.1, -0.05) is 69.3 Å². The summed E-state index contributed by atoms with van der Waals surface area (Å²) in [5.74, 6) is 0.296. The topological polar surface area (TPSA) is 37.4 Å². The molecule has 1 atom stereocenters. The van der Waals surface area contributed by atoms with E-state index in [0.29, 0.717) is 6.54 Å². The highest BCUT2D eigenvalue weighted by Gasteiger charge is 2.15. The Balaban J connectivity index is 0.00000139. The molecule has 2 rings (SSSR count). The van der Waals surface area contributed by atoms with Crippen molar-refractivity contribution in [2.24, 2.45) is 5.92 Å². The maximum absolute atomic E-state index is 11.5. The highest BCUT2D eigenvalue weighted by molar-refractivity contribution is 7.90. The smallest absolute Gasteiger partial charge is 0.147 e. The average Bonchev–Trinajstić information content (AvgIpc) is 2.56. The lowest BCUT2D eigenvalue weighted by molar-refractivity contribution is 0.567. The molecule has 0 fully saturated rings. The summed E-state index contributed by atoms with van der Waals surface area (Å²) in [7, 11) is -2.95. The molecule has 0 N–H and O–H groups in total. The maximum Gasteiger partial charge on any atom is 0.147 e. The highest BCUT2D eigenvalue weighted by Crippen LogP contribution is 2.19. The minimum absolute atomic E-state index is 0.0823. The van der Waals surface area contributed by atoms with Crippen molar-refractivity contribution in [1.82, 2.24) is 0 Å². The van der Waals surface area contributed by atoms with Gasteiger partial charge in [-0.15, -0.1) is 0 Å². The predicted octanol–water partition coefficient (Wildman–Crippen LogP) is 4.40. The van der Waals surface area contributed by atoms with Gasteiger partial charge in [0.05, 0.1) is 5.75 Å². The Morgan fingerprint density at radius 1 is 0.917 bits per heavy atom. The van der Waals surface area contributed by atoms with E-state index in [0.717, 1.165) is 12.2 Å². The van der Waals surface area contributed by atoms with E-state index >= 15 is 0 Å². The molecule has 132 valence electrons. The summed E-state index contributed by atoms with van der Waals surface area (Å²) >= 11 is 0. The molecule has 24 heavy (non-hydrogen) atoms. The Hall–Kier alpha value is -1.81. The number of hydrogen-bond donors (Lipinski definition) is 0. The second kappa shape index (κ2) is 10.1. The molecule has 0 saturated carbocycles. The molecule has 0 amide bonds. The van der Waals surface area contributed by atoms with Crippen molar-refractivity contribution < 1.29 is 8.42 Å². The average molecular weight is 348 g/mol. The second-order valence-corrected chi connectivity index (χ2v) is 8.08. The molecule has 0 bridgehead atoms. The van der Waals surface area contributed by atoms with E-state index in [1.807, 2.05) is 57.2 Å². The van der Waals surface area contributed by atoms with Gasteiger partial charge in [-0.05, 0) is 23.6 Å². The van der Waals surface area contributed by atoms with Crippen molar-refractivity contribution in [3.05, 3.63) is 66.2 Å². The van der Waals surface area contributed by atoms with Crippen LogP contribution in [-0.4, -0.2) is 27.0 Å². The van der Waals surface area contributed by atoms with Crippen LogP contribution in [0.2, 0.25) is 0 Å². The van der Waals surface area contributed by atoms with Crippen molar-refractivity contribution >= 4 is 15.5 Å². The van der Waals surface area contributed by atoms with E-state index in [2.05, 4.69) is 29.2 Å². The predicted molar refractivity (Wildman–Crippen MR) is 104 cm³/mol. The van der Waals surface area contributed by atoms with Crippen molar-refractivity contribution in [3.8, 4) is 0 Å². The lowest BCUT2D eigenvalue weighted by Gasteiger charge is -2.28. The maximum atomic E-state index is 11.5. The molecule has 0 aliphatic rings. The molecule has 0 aliphatic heterocycles. The Morgan fingerprint density at radius 3 is 1.92 bits per heavy atom. The fourth-order valence-electron chi connectivity index (χ4n) is 2.65. The van der Waals surface area contributed by atoms with E-state index in [-0.39, 0.29) is 11.7 Å². The van der Waals surface area contributed by atoms with Crippen LogP contribution in [0.15, 0.2) is 60.7 Å². The summed E-state index contributed by atoms with van der Waals surface area (Å²) in [4.78, 5) is 2.24. The first-order chi connectivity index (χ1) is 11.4. The number of para-hydroxylation sites is 1. The van der Waals surface area contributed by atoms with Crippen LogP contribution in [0.3, 0.4) is 0 Å². The number of hydrogen-bond acceptors (Lipinski definition) is 3. The van der Waals surface area contributed by atoms with Crippen LogP contribution in [0.5, 0.6) is 0 Å². The minimum atomic E-state index is -2.95. The van der Waals surface area contributed by atoms with Gasteiger partial charge in [0, 0.05) is 25.0 Å². The number of sulfone groups is 1. The molecule has 0 aliphatic carbocycles. The van der Waals surface area contributed by atoms with Crippen LogP contribution >= 0.6 is 0 Å². The van der Waals surface area contributed by atoms with Gasteiger partial charge in [-0.25, -0.2) is 8.42 Å². The van der Waals surface area contributed by atoms with E-state index in [4.69, 9.17) is 0 Å². The Kier molecular flexibility index (Phi) is 8.55. The van der Waals surface area contributed by atoms with Crippen LogP contribution in [0.4, 0.5) is 5.69 Å². The third-order valence-electron chi connectivity index (χ3n) is 3.46. The van der Waals surface area contributed by atoms with Gasteiger partial charge in [0.1, 0.15) is 9.84 Å². The van der Waals surface area contributed by atoms with Crippen LogP contribution in [0.25, 0.3) is 0 Å². The number of benzene rings is 2. The van der Waals surface area contributed by atoms with E-state index in [1.54, 1.807) is 0 Å². The van der Waals surface area contributed by atoms with Crippen LogP contribution in [-0.2, 0) is 16.4 Å². The molecule has 0 radical (unpaired) electrons. The first-order valence-electron chi connectivity index (χ1n) is 8.46. The van der Waals surface area contributed by atoms with Crippen molar-refractivity contribution in [2.45, 2.75) is 27.3 Å². The van der Waals surface area contributed by atoms with Gasteiger partial charge >= 0.3 is 0 Å². The molecule has 0 heterocycles. The molecule has 0 spiro atoms. The van der Waals surface area contributed by atoms with Crippen LogP contribution < -0.4 is 4.90 Å². The third kappa shape index (κ3) is 7.64. The lowest BCUT2D eigenvalue weighted by atomic mass is 10.1. The standard InChI is InChI=1S/C18H23NO2S.C2H6/c1-16(15-22(2,20)21)13-19(18-11-7-4-8-12-18)14-17-9-5-3-6-10-17;1-2/h3-12,16H,13-15H2,1-2H3;1-2H3. The molecule has 0 aromatic heterocycles. The van der Waals surface area contributed by atoms with Gasteiger partial charge in [-0.3, -0.25) is 0 Å². The van der Waals surface area contributed by atoms with Gasteiger partial charge < -0.3 is 4.90 Å². The SMILES string of the molecule is CC.CC(CN(Cc1ccccc1)c1ccccc1)CS(C)(=O)=O. The zero-order valence-electron chi connectivity index (χ0n) is 15.1. The lowest BCUT2D eigenvalue weighted by Crippen LogP contribution is -2.31. The Morgan fingerprint density at radius 2 is 1.42 bits per heavy atom. The fraction of sp³-hybridized carbons (Fsp3) is 0.400. The summed E-state index contributed by atoms with van der Waals surface area (Å²) in [5, 5.41) is 0. The van der Waals surface area contributed by atoms with E-state index in [9.17, 15) is 8.42 Å². The summed E-state index contributed by atoms with van der Waals surface area (Å²) in [6, 6.07) is 20.4. The fourth-order valence-corrected chi connectivity index (χ4v) is 3.79. The minimum Gasteiger partial charge on any atom is -0.367 e. The molecule has 3 nitrogen and oxygen atoms in total. The Bertz CT molecular complexity index is 669. The molecular formula is C20H29NO2S. The second-order valence-electron chi connectivity index (χ2n) is 5.90. The molecule has 2 aromatic carbocycles. The summed E-state index contributed by atoms with van der Waals surface area (Å²) in [5.41, 5.74) is 2.34. The van der Waals surface area contributed by atoms with Crippen LogP contribution in [0.1, 0.15) is 26.3 Å². The number of nitrogens with zero attached hydrogens (tertiary/aromatic N) is 1. The van der Waals surface area contributed by atoms with Crippen molar-refractivity contribution in [1.29, 1.82) is 0 Å². The normalized spacial score (nSPS) is 12.0. The van der Waals surface area contributed by atoms with E-state index < -0.39 is 9.84 Å². The van der Waals surface area contributed by atoms with Crippen LogP contribution in [0, 0.1) is 5.92 Å². The van der Waals surface area contributed by atoms with Crippen molar-refractivity contribution in [3.63, 3.8) is 0 Å². The largest absolute Gasteiger partial charge is 0.367 e. The first-order valence-corrected chi connectivity index (χ1v) is 10.5. The molecule has 0 saturated heterocycles. The summed E-state index contributed by atoms with van der Waals surface area (Å²) in [6.07, 6.45) is 1.30. The van der Waals surface area contributed by atoms with Gasteiger partial charge in [0.2, 0.25) is 0 Å². The van der Waals surface area contributed by atoms with E-state index in [1.165, 1.54) is 11.8 Å².